The number of β-lactam (4-membered cyclic amide) rings is 1. The summed E-state index contributed by atoms with van der Waals surface area (Å²) in [5.41, 5.74) is 6.13. The summed E-state index contributed by atoms with van der Waals surface area (Å²) in [6.07, 6.45) is 3.52. The summed E-state index contributed by atoms with van der Waals surface area (Å²) in [4.78, 5) is 48.1. The molecule has 1 unspecified atom stereocenters. The van der Waals surface area contributed by atoms with Gasteiger partial charge in [0.2, 0.25) is 0 Å². The number of phenols is 1. The van der Waals surface area contributed by atoms with Crippen molar-refractivity contribution in [3.8, 4) is 5.75 Å². The lowest BCUT2D eigenvalue weighted by Gasteiger charge is -2.49. The van der Waals surface area contributed by atoms with Crippen molar-refractivity contribution in [3.63, 3.8) is 0 Å². The Morgan fingerprint density at radius 1 is 1.38 bits per heavy atom. The number of thioether (sulfide) groups is 1. The van der Waals surface area contributed by atoms with Crippen molar-refractivity contribution in [1.29, 1.82) is 0 Å². The number of rotatable bonds is 7. The molecule has 1 fully saturated rings. The number of carboxylic acid groups (broad SMARTS) is 1. The van der Waals surface area contributed by atoms with E-state index >= 15 is 0 Å². The van der Waals surface area contributed by atoms with E-state index in [1.807, 2.05) is 12.1 Å². The molecular weight excluding hydrogens is 520 g/mol. The molecule has 37 heavy (non-hydrogen) atoms. The summed E-state index contributed by atoms with van der Waals surface area (Å²) in [6, 6.07) is 6.06. The Morgan fingerprint density at radius 3 is 2.89 bits per heavy atom. The molecule has 14 heteroatoms. The van der Waals surface area contributed by atoms with Crippen LogP contribution in [0.1, 0.15) is 5.69 Å². The fourth-order valence-corrected chi connectivity index (χ4v) is 6.15. The van der Waals surface area contributed by atoms with E-state index in [4.69, 9.17) is 10.6 Å². The zero-order chi connectivity index (χ0) is 26.3. The third kappa shape index (κ3) is 4.44. The predicted octanol–water partition coefficient (Wildman–Crippen LogP) is 0.661. The fourth-order valence-electron chi connectivity index (χ4n) is 4.27. The van der Waals surface area contributed by atoms with E-state index in [0.29, 0.717) is 16.7 Å². The van der Waals surface area contributed by atoms with E-state index in [0.717, 1.165) is 16.7 Å². The van der Waals surface area contributed by atoms with Gasteiger partial charge in [-0.2, -0.15) is 0 Å². The minimum absolute atomic E-state index is 0.109. The van der Waals surface area contributed by atoms with Gasteiger partial charge < -0.3 is 26.1 Å². The van der Waals surface area contributed by atoms with Gasteiger partial charge in [-0.15, -0.1) is 23.1 Å². The molecule has 5 rings (SSSR count). The monoisotopic (exact) mass is 541 g/mol. The Kier molecular flexibility index (Phi) is 6.43. The molecule has 190 valence electrons. The number of thiazole rings is 1. The van der Waals surface area contributed by atoms with Gasteiger partial charge in [0.25, 0.3) is 11.8 Å². The van der Waals surface area contributed by atoms with Crippen LogP contribution in [0.15, 0.2) is 58.5 Å². The quantitative estimate of drug-likeness (QED) is 0.145. The largest absolute Gasteiger partial charge is 0.507 e. The van der Waals surface area contributed by atoms with Crippen LogP contribution < -0.4 is 15.6 Å². The molecule has 0 aliphatic carbocycles. The van der Waals surface area contributed by atoms with E-state index in [9.17, 15) is 24.6 Å². The fraction of sp³-hybridized carbons (Fsp3) is 0.217. The number of benzene rings is 1. The summed E-state index contributed by atoms with van der Waals surface area (Å²) < 4.78 is 1.76. The Labute approximate surface area is 218 Å². The molecule has 2 aliphatic heterocycles. The molecule has 2 atom stereocenters. The number of fused-ring (bicyclic) bond motifs is 2. The van der Waals surface area contributed by atoms with Crippen LogP contribution in [-0.2, 0) is 25.8 Å². The van der Waals surface area contributed by atoms with Gasteiger partial charge in [0.15, 0.2) is 29.8 Å². The number of nitrogens with two attached hydrogens (primary N) is 1. The number of anilines is 1. The molecule has 5 N–H and O–H groups in total. The number of aliphatic carboxylic acids is 1. The van der Waals surface area contributed by atoms with Crippen LogP contribution in [-0.4, -0.2) is 67.9 Å². The first-order valence-electron chi connectivity index (χ1n) is 10.9. The van der Waals surface area contributed by atoms with E-state index in [1.54, 1.807) is 34.5 Å². The average Bonchev–Trinajstić information content (AvgIpc) is 3.31. The molecule has 2 aliphatic rings. The molecule has 0 spiro atoms. The zero-order valence-corrected chi connectivity index (χ0v) is 21.0. The van der Waals surface area contributed by atoms with Crippen molar-refractivity contribution in [2.75, 3.05) is 18.6 Å². The van der Waals surface area contributed by atoms with Gasteiger partial charge in [-0.05, 0) is 11.5 Å². The minimum atomic E-state index is -1.23. The Hall–Kier alpha value is -4.17. The summed E-state index contributed by atoms with van der Waals surface area (Å²) in [6.45, 7) is 0.211. The number of nitrogens with zero attached hydrogens (tertiary/aromatic N) is 4. The first kappa shape index (κ1) is 24.5. The molecule has 3 aromatic rings. The van der Waals surface area contributed by atoms with Crippen LogP contribution in [0.5, 0.6) is 5.75 Å². The number of carbonyl (C=O) groups is 3. The molecular formula is C23H21N6O6S2+. The van der Waals surface area contributed by atoms with Crippen molar-refractivity contribution in [2.24, 2.45) is 5.16 Å². The van der Waals surface area contributed by atoms with Gasteiger partial charge in [-0.1, -0.05) is 17.3 Å². The van der Waals surface area contributed by atoms with Crippen LogP contribution in [0.2, 0.25) is 0 Å². The summed E-state index contributed by atoms with van der Waals surface area (Å²) >= 11 is 2.47. The van der Waals surface area contributed by atoms with Crippen molar-refractivity contribution in [1.82, 2.24) is 15.2 Å². The molecule has 1 saturated heterocycles. The molecule has 0 radical (unpaired) electrons. The van der Waals surface area contributed by atoms with Gasteiger partial charge in [0, 0.05) is 22.8 Å². The number of oxime groups is 1. The zero-order valence-electron chi connectivity index (χ0n) is 19.3. The number of amides is 2. The number of aromatic hydroxyl groups is 1. The van der Waals surface area contributed by atoms with Gasteiger partial charge >= 0.3 is 5.97 Å². The average molecular weight is 542 g/mol. The smallest absolute Gasteiger partial charge is 0.352 e. The predicted molar refractivity (Wildman–Crippen MR) is 136 cm³/mol. The van der Waals surface area contributed by atoms with Crippen molar-refractivity contribution in [3.05, 3.63) is 59.0 Å². The van der Waals surface area contributed by atoms with Crippen LogP contribution in [0.3, 0.4) is 0 Å². The standard InChI is InChI=1S/C23H20N6O6S2/c1-35-27-16(14-10-37-23(24)25-14)19(31)26-17-20(32)29-18(22(33)34)12(9-36-21(17)29)7-28-6-5-11-3-2-4-15(30)13(11)8-28/h2-6,8,10,17,21H,7,9H2,1H3,(H4,24,25,26,31,33,34)/p+1/b27-16-/t17?,21-/m1/s1. The number of nitrogens with one attached hydrogen (secondary N) is 1. The van der Waals surface area contributed by atoms with E-state index in [-0.39, 0.29) is 34.5 Å². The molecule has 4 heterocycles. The number of pyridine rings is 1. The van der Waals surface area contributed by atoms with Crippen LogP contribution in [0, 0.1) is 0 Å². The molecule has 12 nitrogen and oxygen atoms in total. The van der Waals surface area contributed by atoms with E-state index in [1.165, 1.54) is 23.8 Å². The molecule has 2 amide bonds. The molecule has 1 aromatic carbocycles. The lowest BCUT2D eigenvalue weighted by molar-refractivity contribution is -0.687. The first-order chi connectivity index (χ1) is 17.8. The summed E-state index contributed by atoms with van der Waals surface area (Å²) in [5, 5.41) is 29.1. The molecule has 0 bridgehead atoms. The summed E-state index contributed by atoms with van der Waals surface area (Å²) in [7, 11) is 1.27. The Bertz CT molecular complexity index is 1500. The second-order valence-electron chi connectivity index (χ2n) is 8.21. The highest BCUT2D eigenvalue weighted by molar-refractivity contribution is 8.00. The van der Waals surface area contributed by atoms with Crippen molar-refractivity contribution >= 4 is 62.5 Å². The highest BCUT2D eigenvalue weighted by atomic mass is 32.2. The van der Waals surface area contributed by atoms with E-state index in [2.05, 4.69) is 15.5 Å². The van der Waals surface area contributed by atoms with Crippen molar-refractivity contribution < 1.29 is 34.0 Å². The van der Waals surface area contributed by atoms with Crippen molar-refractivity contribution in [2.45, 2.75) is 18.0 Å². The SMILES string of the molecule is CO/N=C(\C(=O)NC1C(=O)N2C(C(=O)O)=C(C[n+]3ccc4cccc(O)c4c3)CS[C@H]12)c1csc(N)n1. The minimum Gasteiger partial charge on any atom is -0.507 e. The maximum absolute atomic E-state index is 13.0. The second kappa shape index (κ2) is 9.71. The lowest BCUT2D eigenvalue weighted by Crippen LogP contribution is -2.71. The number of hydrogen-bond acceptors (Lipinski definition) is 10. The summed E-state index contributed by atoms with van der Waals surface area (Å²) in [5.74, 6) is -2.02. The lowest BCUT2D eigenvalue weighted by atomic mass is 10.0. The number of phenolic OH excluding ortho intramolecular Hbond substituents is 1. The normalized spacial score (nSPS) is 19.4. The highest BCUT2D eigenvalue weighted by Gasteiger charge is 2.54. The Morgan fingerprint density at radius 2 is 2.19 bits per heavy atom. The van der Waals surface area contributed by atoms with Gasteiger partial charge in [-0.25, -0.2) is 14.3 Å². The second-order valence-corrected chi connectivity index (χ2v) is 10.2. The topological polar surface area (TPSA) is 171 Å². The number of nitrogen functional groups attached to an aromatic ring is 1. The van der Waals surface area contributed by atoms with Crippen LogP contribution >= 0.6 is 23.1 Å². The first-order valence-corrected chi connectivity index (χ1v) is 12.9. The van der Waals surface area contributed by atoms with Gasteiger partial charge in [0.05, 0.1) is 5.39 Å². The highest BCUT2D eigenvalue weighted by Crippen LogP contribution is 2.40. The van der Waals surface area contributed by atoms with Crippen LogP contribution in [0.25, 0.3) is 10.8 Å². The molecule has 0 saturated carbocycles. The number of carboxylic acids is 1. The third-order valence-corrected chi connectivity index (χ3v) is 7.94. The number of carbonyl (C=O) groups excluding carboxylic acids is 2. The number of aromatic nitrogens is 2. The number of hydrogen-bond donors (Lipinski definition) is 4. The van der Waals surface area contributed by atoms with E-state index < -0.39 is 29.2 Å². The molecule has 2 aromatic heterocycles. The Balaban J connectivity index is 1.37. The maximum Gasteiger partial charge on any atom is 0.352 e. The van der Waals surface area contributed by atoms with Crippen LogP contribution in [0.4, 0.5) is 5.13 Å². The van der Waals surface area contributed by atoms with Gasteiger partial charge in [-0.3, -0.25) is 14.5 Å². The van der Waals surface area contributed by atoms with Gasteiger partial charge in [0.1, 0.15) is 35.7 Å². The third-order valence-electron chi connectivity index (χ3n) is 5.93. The maximum atomic E-state index is 13.0.